The summed E-state index contributed by atoms with van der Waals surface area (Å²) in [7, 11) is 2.93. The van der Waals surface area contributed by atoms with Crippen molar-refractivity contribution in [1.82, 2.24) is 0 Å². The predicted octanol–water partition coefficient (Wildman–Crippen LogP) is 0.155. The van der Waals surface area contributed by atoms with Gasteiger partial charge in [-0.1, -0.05) is 0 Å². The summed E-state index contributed by atoms with van der Waals surface area (Å²) in [5, 5.41) is 0. The summed E-state index contributed by atoms with van der Waals surface area (Å²) in [6.45, 7) is -0.328. The van der Waals surface area contributed by atoms with E-state index in [0.717, 1.165) is 4.90 Å². The number of terminal acetylenes is 1. The third-order valence-electron chi connectivity index (χ3n) is 2.36. The van der Waals surface area contributed by atoms with Gasteiger partial charge < -0.3 is 15.2 Å². The van der Waals surface area contributed by atoms with Gasteiger partial charge >= 0.3 is 5.91 Å². The van der Waals surface area contributed by atoms with Crippen LogP contribution in [0, 0.1) is 12.3 Å². The molecule has 100 valence electrons. The number of nitrogens with zero attached hydrogens (tertiary/aromatic N) is 1. The van der Waals surface area contributed by atoms with Crippen LogP contribution in [0.3, 0.4) is 0 Å². The highest BCUT2D eigenvalue weighted by atomic mass is 16.5. The van der Waals surface area contributed by atoms with Crippen LogP contribution >= 0.6 is 0 Å². The van der Waals surface area contributed by atoms with Crippen LogP contribution in [-0.2, 0) is 9.59 Å². The number of hydrogen-bond acceptors (Lipinski definition) is 4. The number of rotatable bonds is 5. The Kier molecular flexibility index (Phi) is 4.77. The third-order valence-corrected chi connectivity index (χ3v) is 2.36. The van der Waals surface area contributed by atoms with Crippen molar-refractivity contribution in [3.63, 3.8) is 0 Å². The average Bonchev–Trinajstić information content (AvgIpc) is 2.43. The predicted molar refractivity (Wildman–Crippen MR) is 69.9 cm³/mol. The molecule has 0 bridgehead atoms. The summed E-state index contributed by atoms with van der Waals surface area (Å²) in [5.74, 6) is 1.48. The van der Waals surface area contributed by atoms with Gasteiger partial charge in [0.1, 0.15) is 18.0 Å². The quantitative estimate of drug-likeness (QED) is 0.766. The van der Waals surface area contributed by atoms with E-state index in [1.807, 2.05) is 5.92 Å². The molecule has 0 radical (unpaired) electrons. The zero-order valence-corrected chi connectivity index (χ0v) is 10.7. The Bertz CT molecular complexity index is 534. The number of ether oxygens (including phenoxy) is 2. The summed E-state index contributed by atoms with van der Waals surface area (Å²) in [6.07, 6.45) is 5.07. The van der Waals surface area contributed by atoms with E-state index in [4.69, 9.17) is 21.6 Å². The van der Waals surface area contributed by atoms with E-state index in [0.29, 0.717) is 17.2 Å². The Hall–Kier alpha value is -2.68. The summed E-state index contributed by atoms with van der Waals surface area (Å²) >= 11 is 0. The molecule has 0 aliphatic heterocycles. The first-order chi connectivity index (χ1) is 9.03. The van der Waals surface area contributed by atoms with E-state index in [1.165, 1.54) is 14.2 Å². The summed E-state index contributed by atoms with van der Waals surface area (Å²) in [6, 6.07) is 4.76. The Morgan fingerprint density at radius 3 is 2.53 bits per heavy atom. The standard InChI is InChI=1S/C13H14N2O4/c1-4-13(17)15(8-12(14)16)10-6-5-9(18-2)7-11(10)19-3/h1,5-7H,8H2,2-3H3,(H2,14,16). The lowest BCUT2D eigenvalue weighted by atomic mass is 10.2. The molecule has 0 spiro atoms. The van der Waals surface area contributed by atoms with Gasteiger partial charge in [-0.3, -0.25) is 14.5 Å². The van der Waals surface area contributed by atoms with Crippen molar-refractivity contribution in [3.05, 3.63) is 18.2 Å². The Morgan fingerprint density at radius 2 is 2.05 bits per heavy atom. The van der Waals surface area contributed by atoms with Crippen LogP contribution in [0.15, 0.2) is 18.2 Å². The minimum Gasteiger partial charge on any atom is -0.497 e. The maximum absolute atomic E-state index is 11.7. The van der Waals surface area contributed by atoms with Crippen molar-refractivity contribution in [3.8, 4) is 23.8 Å². The fourth-order valence-corrected chi connectivity index (χ4v) is 1.51. The fraction of sp³-hybridized carbons (Fsp3) is 0.231. The van der Waals surface area contributed by atoms with Gasteiger partial charge in [-0.25, -0.2) is 0 Å². The number of hydrogen-bond donors (Lipinski definition) is 1. The van der Waals surface area contributed by atoms with E-state index in [-0.39, 0.29) is 6.54 Å². The summed E-state index contributed by atoms with van der Waals surface area (Å²) in [5.41, 5.74) is 5.46. The molecule has 0 aliphatic carbocycles. The number of carbonyl (C=O) groups is 2. The number of nitrogens with two attached hydrogens (primary N) is 1. The molecular weight excluding hydrogens is 248 g/mol. The van der Waals surface area contributed by atoms with Gasteiger partial charge in [0.25, 0.3) is 0 Å². The van der Waals surface area contributed by atoms with E-state index in [1.54, 1.807) is 18.2 Å². The molecular formula is C13H14N2O4. The second-order valence-corrected chi connectivity index (χ2v) is 3.54. The molecule has 0 saturated heterocycles. The Labute approximate surface area is 111 Å². The van der Waals surface area contributed by atoms with Crippen LogP contribution in [0.5, 0.6) is 11.5 Å². The highest BCUT2D eigenvalue weighted by molar-refractivity contribution is 6.08. The van der Waals surface area contributed by atoms with Gasteiger partial charge in [-0.2, -0.15) is 0 Å². The first-order valence-electron chi connectivity index (χ1n) is 5.32. The van der Waals surface area contributed by atoms with Gasteiger partial charge in [0.05, 0.1) is 19.9 Å². The summed E-state index contributed by atoms with van der Waals surface area (Å²) in [4.78, 5) is 23.8. The smallest absolute Gasteiger partial charge is 0.303 e. The molecule has 0 heterocycles. The molecule has 2 N–H and O–H groups in total. The fourth-order valence-electron chi connectivity index (χ4n) is 1.51. The first kappa shape index (κ1) is 14.4. The number of methoxy groups -OCH3 is 2. The lowest BCUT2D eigenvalue weighted by molar-refractivity contribution is -0.119. The molecule has 0 aliphatic rings. The SMILES string of the molecule is C#CC(=O)N(CC(N)=O)c1ccc(OC)cc1OC. The van der Waals surface area contributed by atoms with Gasteiger partial charge in [0.15, 0.2) is 0 Å². The Balaban J connectivity index is 3.25. The molecule has 1 rings (SSSR count). The van der Waals surface area contributed by atoms with Crippen molar-refractivity contribution < 1.29 is 19.1 Å². The van der Waals surface area contributed by atoms with Crippen molar-refractivity contribution >= 4 is 17.5 Å². The normalized spacial score (nSPS) is 9.32. The van der Waals surface area contributed by atoms with Gasteiger partial charge in [0, 0.05) is 6.07 Å². The zero-order chi connectivity index (χ0) is 14.4. The van der Waals surface area contributed by atoms with E-state index < -0.39 is 11.8 Å². The van der Waals surface area contributed by atoms with Crippen LogP contribution in [0.25, 0.3) is 0 Å². The highest BCUT2D eigenvalue weighted by Crippen LogP contribution is 2.32. The second-order valence-electron chi connectivity index (χ2n) is 3.54. The van der Waals surface area contributed by atoms with E-state index in [9.17, 15) is 9.59 Å². The molecule has 6 nitrogen and oxygen atoms in total. The van der Waals surface area contributed by atoms with Crippen LogP contribution in [0.1, 0.15) is 0 Å². The number of anilines is 1. The number of primary amides is 1. The van der Waals surface area contributed by atoms with E-state index >= 15 is 0 Å². The molecule has 0 aromatic heterocycles. The van der Waals surface area contributed by atoms with Gasteiger partial charge in [-0.15, -0.1) is 6.42 Å². The van der Waals surface area contributed by atoms with Crippen molar-refractivity contribution in [2.75, 3.05) is 25.7 Å². The monoisotopic (exact) mass is 262 g/mol. The molecule has 19 heavy (non-hydrogen) atoms. The zero-order valence-electron chi connectivity index (χ0n) is 10.7. The Morgan fingerprint density at radius 1 is 1.37 bits per heavy atom. The molecule has 1 aromatic rings. The van der Waals surface area contributed by atoms with Crippen LogP contribution < -0.4 is 20.1 Å². The maximum Gasteiger partial charge on any atom is 0.303 e. The maximum atomic E-state index is 11.7. The molecule has 1 aromatic carbocycles. The second kappa shape index (κ2) is 6.31. The van der Waals surface area contributed by atoms with Crippen LogP contribution in [0.4, 0.5) is 5.69 Å². The molecule has 0 atom stereocenters. The lowest BCUT2D eigenvalue weighted by Crippen LogP contribution is -2.38. The molecule has 0 unspecified atom stereocenters. The largest absolute Gasteiger partial charge is 0.497 e. The number of amides is 2. The van der Waals surface area contributed by atoms with Crippen molar-refractivity contribution in [1.29, 1.82) is 0 Å². The third kappa shape index (κ3) is 3.39. The average molecular weight is 262 g/mol. The van der Waals surface area contributed by atoms with E-state index in [2.05, 4.69) is 0 Å². The molecule has 0 saturated carbocycles. The summed E-state index contributed by atoms with van der Waals surface area (Å²) < 4.78 is 10.2. The number of carbonyl (C=O) groups excluding carboxylic acids is 2. The first-order valence-corrected chi connectivity index (χ1v) is 5.32. The molecule has 0 fully saturated rings. The van der Waals surface area contributed by atoms with Crippen LogP contribution in [-0.4, -0.2) is 32.6 Å². The van der Waals surface area contributed by atoms with Crippen molar-refractivity contribution in [2.24, 2.45) is 5.73 Å². The minimum absolute atomic E-state index is 0.328. The van der Waals surface area contributed by atoms with Gasteiger partial charge in [-0.05, 0) is 18.1 Å². The topological polar surface area (TPSA) is 81.9 Å². The van der Waals surface area contributed by atoms with Crippen LogP contribution in [0.2, 0.25) is 0 Å². The van der Waals surface area contributed by atoms with Gasteiger partial charge in [0.2, 0.25) is 5.91 Å². The lowest BCUT2D eigenvalue weighted by Gasteiger charge is -2.21. The number of benzene rings is 1. The molecule has 2 amide bonds. The highest BCUT2D eigenvalue weighted by Gasteiger charge is 2.20. The van der Waals surface area contributed by atoms with Crippen molar-refractivity contribution in [2.45, 2.75) is 0 Å². The minimum atomic E-state index is -0.679. The molecule has 6 heteroatoms.